The van der Waals surface area contributed by atoms with Crippen molar-refractivity contribution in [3.8, 4) is 0 Å². The molecular weight excluding hydrogens is 248 g/mol. The molecule has 98 valence electrons. The fourth-order valence-corrected chi connectivity index (χ4v) is 2.39. The van der Waals surface area contributed by atoms with Gasteiger partial charge in [-0.2, -0.15) is 0 Å². The molecule has 1 fully saturated rings. The van der Waals surface area contributed by atoms with E-state index < -0.39 is 0 Å². The van der Waals surface area contributed by atoms with Crippen LogP contribution in [0, 0.1) is 6.92 Å². The van der Waals surface area contributed by atoms with Gasteiger partial charge in [0.15, 0.2) is 0 Å². The van der Waals surface area contributed by atoms with E-state index >= 15 is 0 Å². The maximum atomic E-state index is 12.1. The minimum Gasteiger partial charge on any atom is -0.325 e. The third-order valence-electron chi connectivity index (χ3n) is 3.51. The number of halogens is 1. The number of nitrogens with zero attached hydrogens (tertiary/aromatic N) is 1. The van der Waals surface area contributed by atoms with E-state index in [1.54, 1.807) is 6.07 Å². The highest BCUT2D eigenvalue weighted by atomic mass is 35.5. The molecule has 1 N–H and O–H groups in total. The van der Waals surface area contributed by atoms with Crippen molar-refractivity contribution in [3.63, 3.8) is 0 Å². The molecule has 0 aromatic heterocycles. The number of hydrogen-bond donors (Lipinski definition) is 1. The van der Waals surface area contributed by atoms with Gasteiger partial charge in [0.2, 0.25) is 5.91 Å². The van der Waals surface area contributed by atoms with Crippen LogP contribution in [0.3, 0.4) is 0 Å². The van der Waals surface area contributed by atoms with Gasteiger partial charge in [0.25, 0.3) is 0 Å². The molecule has 3 nitrogen and oxygen atoms in total. The van der Waals surface area contributed by atoms with Gasteiger partial charge in [-0.25, -0.2) is 0 Å². The number of carbonyl (C=O) groups is 1. The van der Waals surface area contributed by atoms with E-state index in [0.29, 0.717) is 5.02 Å². The van der Waals surface area contributed by atoms with Gasteiger partial charge in [-0.1, -0.05) is 17.7 Å². The number of hydrogen-bond acceptors (Lipinski definition) is 2. The molecule has 1 saturated heterocycles. The van der Waals surface area contributed by atoms with Crippen molar-refractivity contribution in [2.45, 2.75) is 32.7 Å². The van der Waals surface area contributed by atoms with Gasteiger partial charge in [0.1, 0.15) is 0 Å². The lowest BCUT2D eigenvalue weighted by Gasteiger charge is -2.22. The average Bonchev–Trinajstić information content (AvgIpc) is 2.86. The van der Waals surface area contributed by atoms with Gasteiger partial charge in [-0.05, 0) is 57.5 Å². The van der Waals surface area contributed by atoms with Crippen LogP contribution >= 0.6 is 11.6 Å². The van der Waals surface area contributed by atoms with Crippen LogP contribution in [0.15, 0.2) is 18.2 Å². The molecule has 0 bridgehead atoms. The molecule has 0 unspecified atom stereocenters. The second-order valence-corrected chi connectivity index (χ2v) is 5.28. The first-order chi connectivity index (χ1) is 8.58. The molecule has 1 aromatic carbocycles. The summed E-state index contributed by atoms with van der Waals surface area (Å²) in [6, 6.07) is 5.52. The SMILES string of the molecule is Cc1ccc(NC(=O)[C@H](C)N2CCCC2)cc1Cl. The van der Waals surface area contributed by atoms with Crippen molar-refractivity contribution in [2.75, 3.05) is 18.4 Å². The molecule has 1 aliphatic rings. The van der Waals surface area contributed by atoms with Crippen molar-refractivity contribution in [1.82, 2.24) is 4.90 Å². The predicted molar refractivity (Wildman–Crippen MR) is 75.1 cm³/mol. The topological polar surface area (TPSA) is 32.3 Å². The number of rotatable bonds is 3. The summed E-state index contributed by atoms with van der Waals surface area (Å²) in [5.41, 5.74) is 1.78. The molecule has 18 heavy (non-hydrogen) atoms. The van der Waals surface area contributed by atoms with Gasteiger partial charge in [0, 0.05) is 10.7 Å². The average molecular weight is 267 g/mol. The minimum atomic E-state index is -0.0763. The Kier molecular flexibility index (Phi) is 4.25. The normalized spacial score (nSPS) is 17.7. The van der Waals surface area contributed by atoms with E-state index in [-0.39, 0.29) is 11.9 Å². The van der Waals surface area contributed by atoms with Gasteiger partial charge in [-0.3, -0.25) is 9.69 Å². The Balaban J connectivity index is 1.99. The summed E-state index contributed by atoms with van der Waals surface area (Å²) in [4.78, 5) is 14.3. The minimum absolute atomic E-state index is 0.0387. The van der Waals surface area contributed by atoms with Crippen LogP contribution in [-0.2, 0) is 4.79 Å². The summed E-state index contributed by atoms with van der Waals surface area (Å²) in [7, 11) is 0. The molecule has 1 heterocycles. The van der Waals surface area contributed by atoms with E-state index in [1.807, 2.05) is 26.0 Å². The third kappa shape index (κ3) is 3.03. The summed E-state index contributed by atoms with van der Waals surface area (Å²) >= 11 is 6.04. The quantitative estimate of drug-likeness (QED) is 0.912. The molecule has 0 radical (unpaired) electrons. The highest BCUT2D eigenvalue weighted by Crippen LogP contribution is 2.20. The summed E-state index contributed by atoms with van der Waals surface area (Å²) in [5, 5.41) is 3.60. The smallest absolute Gasteiger partial charge is 0.241 e. The van der Waals surface area contributed by atoms with Crippen LogP contribution in [0.25, 0.3) is 0 Å². The highest BCUT2D eigenvalue weighted by molar-refractivity contribution is 6.31. The van der Waals surface area contributed by atoms with E-state index in [0.717, 1.165) is 24.3 Å². The molecule has 1 aliphatic heterocycles. The number of amides is 1. The molecule has 1 atom stereocenters. The Hall–Kier alpha value is -1.06. The molecule has 4 heteroatoms. The third-order valence-corrected chi connectivity index (χ3v) is 3.91. The summed E-state index contributed by atoms with van der Waals surface area (Å²) < 4.78 is 0. The van der Waals surface area contributed by atoms with Crippen molar-refractivity contribution < 1.29 is 4.79 Å². The first-order valence-electron chi connectivity index (χ1n) is 6.39. The second-order valence-electron chi connectivity index (χ2n) is 4.87. The van der Waals surface area contributed by atoms with Gasteiger partial charge in [-0.15, -0.1) is 0 Å². The van der Waals surface area contributed by atoms with E-state index in [4.69, 9.17) is 11.6 Å². The monoisotopic (exact) mass is 266 g/mol. The Morgan fingerprint density at radius 1 is 1.39 bits per heavy atom. The van der Waals surface area contributed by atoms with Crippen molar-refractivity contribution >= 4 is 23.2 Å². The van der Waals surface area contributed by atoms with Crippen LogP contribution < -0.4 is 5.32 Å². The van der Waals surface area contributed by atoms with Gasteiger partial charge >= 0.3 is 0 Å². The molecular formula is C14H19ClN2O. The Morgan fingerprint density at radius 3 is 2.67 bits per heavy atom. The second kappa shape index (κ2) is 5.72. The van der Waals surface area contributed by atoms with Crippen LogP contribution in [0.1, 0.15) is 25.3 Å². The Morgan fingerprint density at radius 2 is 2.06 bits per heavy atom. The maximum Gasteiger partial charge on any atom is 0.241 e. The van der Waals surface area contributed by atoms with E-state index in [9.17, 15) is 4.79 Å². The van der Waals surface area contributed by atoms with Gasteiger partial charge < -0.3 is 5.32 Å². The molecule has 0 saturated carbocycles. The fourth-order valence-electron chi connectivity index (χ4n) is 2.21. The predicted octanol–water partition coefficient (Wildman–Crippen LogP) is 3.07. The van der Waals surface area contributed by atoms with Crippen LogP contribution in [0.5, 0.6) is 0 Å². The zero-order valence-electron chi connectivity index (χ0n) is 10.9. The lowest BCUT2D eigenvalue weighted by molar-refractivity contribution is -0.120. The first kappa shape index (κ1) is 13.4. The number of benzene rings is 1. The van der Waals surface area contributed by atoms with Crippen molar-refractivity contribution in [1.29, 1.82) is 0 Å². The van der Waals surface area contributed by atoms with Crippen LogP contribution in [0.2, 0.25) is 5.02 Å². The Bertz CT molecular complexity index is 441. The number of anilines is 1. The maximum absolute atomic E-state index is 12.1. The molecule has 1 amide bonds. The zero-order valence-corrected chi connectivity index (χ0v) is 11.6. The van der Waals surface area contributed by atoms with Crippen molar-refractivity contribution in [3.05, 3.63) is 28.8 Å². The number of carbonyl (C=O) groups excluding carboxylic acids is 1. The summed E-state index contributed by atoms with van der Waals surface area (Å²) in [6.45, 7) is 5.93. The standard InChI is InChI=1S/C14H19ClN2O/c1-10-5-6-12(9-13(10)15)16-14(18)11(2)17-7-3-4-8-17/h5-6,9,11H,3-4,7-8H2,1-2H3,(H,16,18)/t11-/m0/s1. The molecule has 2 rings (SSSR count). The molecule has 0 spiro atoms. The summed E-state index contributed by atoms with van der Waals surface area (Å²) in [5.74, 6) is 0.0387. The largest absolute Gasteiger partial charge is 0.325 e. The lowest BCUT2D eigenvalue weighted by Crippen LogP contribution is -2.40. The highest BCUT2D eigenvalue weighted by Gasteiger charge is 2.23. The summed E-state index contributed by atoms with van der Waals surface area (Å²) in [6.07, 6.45) is 2.38. The molecule has 0 aliphatic carbocycles. The number of likely N-dealkylation sites (tertiary alicyclic amines) is 1. The van der Waals surface area contributed by atoms with E-state index in [2.05, 4.69) is 10.2 Å². The van der Waals surface area contributed by atoms with Gasteiger partial charge in [0.05, 0.1) is 6.04 Å². The fraction of sp³-hybridized carbons (Fsp3) is 0.500. The zero-order chi connectivity index (χ0) is 13.1. The van der Waals surface area contributed by atoms with Crippen molar-refractivity contribution in [2.24, 2.45) is 0 Å². The van der Waals surface area contributed by atoms with Crippen LogP contribution in [0.4, 0.5) is 5.69 Å². The lowest BCUT2D eigenvalue weighted by atomic mass is 10.2. The first-order valence-corrected chi connectivity index (χ1v) is 6.77. The van der Waals surface area contributed by atoms with E-state index in [1.165, 1.54) is 12.8 Å². The Labute approximate surface area is 113 Å². The number of aryl methyl sites for hydroxylation is 1. The van der Waals surface area contributed by atoms with Crippen LogP contribution in [-0.4, -0.2) is 29.9 Å². The number of nitrogens with one attached hydrogen (secondary N) is 1. The molecule has 1 aromatic rings.